The van der Waals surface area contributed by atoms with E-state index in [9.17, 15) is 30.8 Å². The molecular formula is C30H27F4N7O5S. The van der Waals surface area contributed by atoms with E-state index in [4.69, 9.17) is 15.2 Å². The van der Waals surface area contributed by atoms with Gasteiger partial charge < -0.3 is 25.5 Å². The fourth-order valence-corrected chi connectivity index (χ4v) is 5.94. The van der Waals surface area contributed by atoms with Crippen molar-refractivity contribution < 1.29 is 40.2 Å². The number of nitrogens with one attached hydrogen (secondary N) is 2. The average molecular weight is 674 g/mol. The van der Waals surface area contributed by atoms with E-state index in [2.05, 4.69) is 20.4 Å². The number of hydrogen-bond acceptors (Lipinski definition) is 9. The van der Waals surface area contributed by atoms with Crippen LogP contribution in [0.3, 0.4) is 0 Å². The highest BCUT2D eigenvalue weighted by molar-refractivity contribution is 7.88. The molecule has 1 fully saturated rings. The number of sulfonamides is 1. The molecule has 5 aromatic rings. The Bertz CT molecular complexity index is 2090. The number of halogens is 4. The quantitative estimate of drug-likeness (QED) is 0.134. The van der Waals surface area contributed by atoms with Gasteiger partial charge in [0.15, 0.2) is 11.6 Å². The lowest BCUT2D eigenvalue weighted by atomic mass is 10.1. The summed E-state index contributed by atoms with van der Waals surface area (Å²) in [5, 5.41) is 7.85. The first-order valence-corrected chi connectivity index (χ1v) is 15.9. The average Bonchev–Trinajstić information content (AvgIpc) is 3.57. The molecule has 0 aliphatic carbocycles. The monoisotopic (exact) mass is 673 g/mol. The van der Waals surface area contributed by atoms with E-state index in [0.29, 0.717) is 27.8 Å². The maximum absolute atomic E-state index is 14.0. The molecule has 4 heterocycles. The zero-order valence-corrected chi connectivity index (χ0v) is 25.6. The third-order valence-electron chi connectivity index (χ3n) is 7.47. The molecule has 2 aromatic carbocycles. The molecule has 0 amide bonds. The lowest BCUT2D eigenvalue weighted by Crippen LogP contribution is -2.56. The SMILES string of the molecule is Cc1cc(Oc2c(F)cccc2F)ncc1-n1ncc(C(=O)c2cc3cc(OCC(F)F)c(NC4CN(S(C)(=O)=O)C4)cc3[nH]2)c1N. The Labute approximate surface area is 265 Å². The number of hydrogen-bond donors (Lipinski definition) is 3. The highest BCUT2D eigenvalue weighted by atomic mass is 32.2. The number of benzene rings is 2. The summed E-state index contributed by atoms with van der Waals surface area (Å²) in [6.07, 6.45) is 0.971. The van der Waals surface area contributed by atoms with E-state index in [1.807, 2.05) is 0 Å². The van der Waals surface area contributed by atoms with Crippen molar-refractivity contribution in [3.05, 3.63) is 83.3 Å². The van der Waals surface area contributed by atoms with Gasteiger partial charge in [0.05, 0.1) is 47.3 Å². The van der Waals surface area contributed by atoms with Gasteiger partial charge in [0.1, 0.15) is 18.2 Å². The molecule has 1 aliphatic rings. The molecule has 0 unspecified atom stereocenters. The fourth-order valence-electron chi connectivity index (χ4n) is 5.04. The van der Waals surface area contributed by atoms with Crippen molar-refractivity contribution in [3.8, 4) is 23.1 Å². The number of H-pyrrole nitrogens is 1. The van der Waals surface area contributed by atoms with Gasteiger partial charge in [0.25, 0.3) is 6.43 Å². The van der Waals surface area contributed by atoms with Crippen molar-refractivity contribution >= 4 is 38.2 Å². The van der Waals surface area contributed by atoms with Gasteiger partial charge in [-0.25, -0.2) is 35.6 Å². The van der Waals surface area contributed by atoms with Crippen LogP contribution in [-0.2, 0) is 10.0 Å². The van der Waals surface area contributed by atoms with Crippen molar-refractivity contribution in [1.29, 1.82) is 0 Å². The van der Waals surface area contributed by atoms with Crippen molar-refractivity contribution in [2.75, 3.05) is 37.0 Å². The largest absolute Gasteiger partial charge is 0.485 e. The number of ether oxygens (including phenoxy) is 2. The second-order valence-corrected chi connectivity index (χ2v) is 12.9. The Kier molecular flexibility index (Phi) is 8.27. The van der Waals surface area contributed by atoms with Gasteiger partial charge in [-0.1, -0.05) is 6.07 Å². The molecule has 0 radical (unpaired) electrons. The second kappa shape index (κ2) is 12.2. The van der Waals surface area contributed by atoms with Crippen LogP contribution in [0.2, 0.25) is 0 Å². The van der Waals surface area contributed by atoms with E-state index in [0.717, 1.165) is 18.4 Å². The summed E-state index contributed by atoms with van der Waals surface area (Å²) >= 11 is 0. The van der Waals surface area contributed by atoms with E-state index in [-0.39, 0.29) is 47.8 Å². The number of ketones is 1. The number of pyridine rings is 1. The highest BCUT2D eigenvalue weighted by Crippen LogP contribution is 2.34. The van der Waals surface area contributed by atoms with Crippen molar-refractivity contribution in [2.45, 2.75) is 19.4 Å². The molecule has 47 heavy (non-hydrogen) atoms. The summed E-state index contributed by atoms with van der Waals surface area (Å²) in [5.41, 5.74) is 8.23. The summed E-state index contributed by atoms with van der Waals surface area (Å²) in [5.74, 6) is -2.90. The van der Waals surface area contributed by atoms with Crippen LogP contribution in [0.4, 0.5) is 29.1 Å². The summed E-state index contributed by atoms with van der Waals surface area (Å²) in [4.78, 5) is 20.7. The van der Waals surface area contributed by atoms with Crippen LogP contribution < -0.4 is 20.5 Å². The smallest absolute Gasteiger partial charge is 0.272 e. The first-order chi connectivity index (χ1) is 22.3. The van der Waals surface area contributed by atoms with Gasteiger partial charge >= 0.3 is 0 Å². The number of aromatic nitrogens is 4. The molecule has 17 heteroatoms. The van der Waals surface area contributed by atoms with Crippen LogP contribution in [0, 0.1) is 18.6 Å². The Morgan fingerprint density at radius 2 is 1.87 bits per heavy atom. The molecule has 0 bridgehead atoms. The van der Waals surface area contributed by atoms with Gasteiger partial charge in [-0.2, -0.15) is 9.40 Å². The van der Waals surface area contributed by atoms with Crippen LogP contribution in [0.25, 0.3) is 16.6 Å². The van der Waals surface area contributed by atoms with Gasteiger partial charge in [-0.3, -0.25) is 4.79 Å². The molecule has 246 valence electrons. The number of rotatable bonds is 11. The minimum absolute atomic E-state index is 0.0175. The molecule has 1 aliphatic heterocycles. The van der Waals surface area contributed by atoms with Gasteiger partial charge in [-0.15, -0.1) is 0 Å². The van der Waals surface area contributed by atoms with E-state index in [1.165, 1.54) is 45.6 Å². The summed E-state index contributed by atoms with van der Waals surface area (Å²) in [7, 11) is -3.36. The van der Waals surface area contributed by atoms with Crippen LogP contribution in [0.1, 0.15) is 21.6 Å². The number of aryl methyl sites for hydroxylation is 1. The van der Waals surface area contributed by atoms with E-state index >= 15 is 0 Å². The Morgan fingerprint density at radius 3 is 2.53 bits per heavy atom. The highest BCUT2D eigenvalue weighted by Gasteiger charge is 2.33. The van der Waals surface area contributed by atoms with Gasteiger partial charge in [0.2, 0.25) is 27.4 Å². The van der Waals surface area contributed by atoms with Crippen molar-refractivity contribution in [1.82, 2.24) is 24.1 Å². The zero-order valence-electron chi connectivity index (χ0n) is 24.8. The molecule has 4 N–H and O–H groups in total. The number of aromatic amines is 1. The standard InChI is InChI=1S/C30H27F4N7O5S/c1-15-6-27(46-29-19(31)4-3-5-20(29)32)36-11-24(15)41-30(35)18(10-37-41)28(42)23-7-16-8-25(45-14-26(33)34)22(9-21(16)39-23)38-17-12-40(13-17)47(2,43)44/h3-11,17,26,38-39H,12-14,35H2,1-2H3. The summed E-state index contributed by atoms with van der Waals surface area (Å²) in [6.45, 7) is 1.19. The van der Waals surface area contributed by atoms with E-state index < -0.39 is 46.2 Å². The van der Waals surface area contributed by atoms with Crippen molar-refractivity contribution in [3.63, 3.8) is 0 Å². The maximum atomic E-state index is 14.0. The first-order valence-electron chi connectivity index (χ1n) is 14.0. The van der Waals surface area contributed by atoms with Gasteiger partial charge in [0, 0.05) is 30.1 Å². The third-order valence-corrected chi connectivity index (χ3v) is 8.71. The number of nitrogens with zero attached hydrogens (tertiary/aromatic N) is 4. The number of nitrogens with two attached hydrogens (primary N) is 1. The third kappa shape index (κ3) is 6.44. The van der Waals surface area contributed by atoms with Crippen LogP contribution in [-0.4, -0.2) is 76.7 Å². The summed E-state index contributed by atoms with van der Waals surface area (Å²) < 4.78 is 90.7. The lowest BCUT2D eigenvalue weighted by Gasteiger charge is -2.38. The molecule has 6 rings (SSSR count). The molecule has 0 saturated carbocycles. The van der Waals surface area contributed by atoms with E-state index in [1.54, 1.807) is 13.0 Å². The maximum Gasteiger partial charge on any atom is 0.272 e. The number of para-hydroxylation sites is 1. The Hall–Kier alpha value is -5.16. The minimum atomic E-state index is -3.36. The molecule has 1 saturated heterocycles. The zero-order chi connectivity index (χ0) is 33.6. The van der Waals surface area contributed by atoms with Crippen LogP contribution in [0.5, 0.6) is 17.4 Å². The minimum Gasteiger partial charge on any atom is -0.485 e. The number of nitrogen functional groups attached to an aromatic ring is 1. The molecule has 0 atom stereocenters. The number of carbonyl (C=O) groups excluding carboxylic acids is 1. The van der Waals surface area contributed by atoms with Crippen LogP contribution in [0.15, 0.2) is 54.9 Å². The molecule has 12 nitrogen and oxygen atoms in total. The number of carbonyl (C=O) groups is 1. The fraction of sp³-hybridized carbons (Fsp3) is 0.233. The Morgan fingerprint density at radius 1 is 1.15 bits per heavy atom. The predicted octanol–water partition coefficient (Wildman–Crippen LogP) is 4.64. The second-order valence-electron chi connectivity index (χ2n) is 10.9. The summed E-state index contributed by atoms with van der Waals surface area (Å²) in [6, 6.07) is 9.07. The van der Waals surface area contributed by atoms with Crippen LogP contribution >= 0.6 is 0 Å². The number of alkyl halides is 2. The molecular weight excluding hydrogens is 646 g/mol. The molecule has 3 aromatic heterocycles. The molecule has 0 spiro atoms. The van der Waals surface area contributed by atoms with Crippen molar-refractivity contribution in [2.24, 2.45) is 0 Å². The van der Waals surface area contributed by atoms with Gasteiger partial charge in [-0.05, 0) is 42.8 Å². The Balaban J connectivity index is 1.25. The number of anilines is 2. The first kappa shape index (κ1) is 31.8. The predicted molar refractivity (Wildman–Crippen MR) is 164 cm³/mol. The topological polar surface area (TPSA) is 157 Å². The number of fused-ring (bicyclic) bond motifs is 1. The lowest BCUT2D eigenvalue weighted by molar-refractivity contribution is 0.0822. The normalized spacial score (nSPS) is 14.0.